The minimum Gasteiger partial charge on any atom is -0.264 e. The predicted molar refractivity (Wildman–Crippen MR) is 49.6 cm³/mol. The Morgan fingerprint density at radius 2 is 1.53 bits per heavy atom. The summed E-state index contributed by atoms with van der Waals surface area (Å²) in [6, 6.07) is 5.38. The maximum Gasteiger partial charge on any atom is 0.237 e. The van der Waals surface area contributed by atoms with E-state index in [1.807, 2.05) is 12.1 Å². The average Bonchev–Trinajstić information content (AvgIpc) is 2.22. The molecule has 0 aromatic rings. The Kier molecular flexibility index (Phi) is 5.44. The first kappa shape index (κ1) is 12.9. The van der Waals surface area contributed by atoms with Gasteiger partial charge >= 0.3 is 0 Å². The molecule has 0 saturated carbocycles. The summed E-state index contributed by atoms with van der Waals surface area (Å²) >= 11 is 0. The number of nitro groups is 1. The summed E-state index contributed by atoms with van der Waals surface area (Å²) < 4.78 is 0. The molecule has 15 heavy (non-hydrogen) atoms. The molecule has 0 radical (unpaired) electrons. The van der Waals surface area contributed by atoms with Gasteiger partial charge in [-0.2, -0.15) is 15.8 Å². The van der Waals surface area contributed by atoms with Gasteiger partial charge in [-0.1, -0.05) is 0 Å². The number of nitrogens with zero attached hydrogens (tertiary/aromatic N) is 4. The summed E-state index contributed by atoms with van der Waals surface area (Å²) in [5.41, 5.74) is -1.43. The van der Waals surface area contributed by atoms with Crippen LogP contribution in [0.3, 0.4) is 0 Å². The summed E-state index contributed by atoms with van der Waals surface area (Å²) in [7, 11) is 0. The Hall–Kier alpha value is -2.13. The van der Waals surface area contributed by atoms with Crippen LogP contribution in [0.4, 0.5) is 0 Å². The zero-order valence-electron chi connectivity index (χ0n) is 8.14. The van der Waals surface area contributed by atoms with Crippen molar-refractivity contribution in [2.75, 3.05) is 0 Å². The number of hydrogen-bond donors (Lipinski definition) is 0. The van der Waals surface area contributed by atoms with Gasteiger partial charge in [0, 0.05) is 30.6 Å². The first-order valence-electron chi connectivity index (χ1n) is 4.38. The van der Waals surface area contributed by atoms with Crippen molar-refractivity contribution in [3.63, 3.8) is 0 Å². The minimum absolute atomic E-state index is 0.0196. The lowest BCUT2D eigenvalue weighted by Crippen LogP contribution is -2.37. The molecule has 0 fully saturated rings. The van der Waals surface area contributed by atoms with Crippen LogP contribution in [-0.2, 0) is 0 Å². The highest BCUT2D eigenvalue weighted by Gasteiger charge is 2.41. The van der Waals surface area contributed by atoms with Crippen molar-refractivity contribution < 1.29 is 4.92 Å². The number of nitriles is 3. The molecule has 6 nitrogen and oxygen atoms in total. The van der Waals surface area contributed by atoms with Crippen LogP contribution in [0.1, 0.15) is 32.1 Å². The van der Waals surface area contributed by atoms with Crippen molar-refractivity contribution in [1.29, 1.82) is 15.8 Å². The third-order valence-electron chi connectivity index (χ3n) is 2.20. The van der Waals surface area contributed by atoms with Crippen LogP contribution >= 0.6 is 0 Å². The molecule has 0 amide bonds. The third-order valence-corrected chi connectivity index (χ3v) is 2.20. The summed E-state index contributed by atoms with van der Waals surface area (Å²) in [5.74, 6) is 0. The van der Waals surface area contributed by atoms with Gasteiger partial charge in [0.15, 0.2) is 0 Å². The Balaban J connectivity index is 4.76. The van der Waals surface area contributed by atoms with E-state index in [0.29, 0.717) is 0 Å². The lowest BCUT2D eigenvalue weighted by Gasteiger charge is -2.20. The first-order valence-corrected chi connectivity index (χ1v) is 4.38. The van der Waals surface area contributed by atoms with Crippen LogP contribution in [-0.4, -0.2) is 10.5 Å². The highest BCUT2D eigenvalue weighted by atomic mass is 16.6. The molecule has 0 aromatic heterocycles. The van der Waals surface area contributed by atoms with Gasteiger partial charge in [0.2, 0.25) is 5.54 Å². The van der Waals surface area contributed by atoms with Crippen molar-refractivity contribution in [2.24, 2.45) is 0 Å². The van der Waals surface area contributed by atoms with Gasteiger partial charge in [-0.25, -0.2) is 0 Å². The second-order valence-corrected chi connectivity index (χ2v) is 3.13. The van der Waals surface area contributed by atoms with Gasteiger partial charge < -0.3 is 0 Å². The fraction of sp³-hybridized carbons (Fsp3) is 0.667. The monoisotopic (exact) mass is 206 g/mol. The van der Waals surface area contributed by atoms with E-state index in [9.17, 15) is 10.1 Å². The fourth-order valence-corrected chi connectivity index (χ4v) is 1.27. The summed E-state index contributed by atoms with van der Waals surface area (Å²) in [6.45, 7) is 0. The lowest BCUT2D eigenvalue weighted by atomic mass is 9.86. The molecule has 0 heterocycles. The van der Waals surface area contributed by atoms with Gasteiger partial charge in [-0.05, 0) is 0 Å². The molecule has 0 unspecified atom stereocenters. The maximum absolute atomic E-state index is 10.9. The van der Waals surface area contributed by atoms with Crippen molar-refractivity contribution in [3.05, 3.63) is 10.1 Å². The van der Waals surface area contributed by atoms with Crippen LogP contribution in [0, 0.1) is 44.1 Å². The van der Waals surface area contributed by atoms with E-state index in [0.717, 1.165) is 0 Å². The Labute approximate surface area is 87.5 Å². The molecule has 0 aromatic carbocycles. The molecule has 0 rings (SSSR count). The molecule has 0 N–H and O–H groups in total. The van der Waals surface area contributed by atoms with Gasteiger partial charge in [0.25, 0.3) is 0 Å². The molecule has 0 atom stereocenters. The number of rotatable bonds is 6. The third kappa shape index (κ3) is 3.62. The van der Waals surface area contributed by atoms with E-state index in [2.05, 4.69) is 0 Å². The number of hydrogen-bond acceptors (Lipinski definition) is 5. The smallest absolute Gasteiger partial charge is 0.237 e. The standard InChI is InChI=1S/C9H10N4O2/c10-6-1-3-9(5-8-12,13(14)15)4-2-7-11/h1-5H2. The maximum atomic E-state index is 10.9. The molecule has 6 heteroatoms. The lowest BCUT2D eigenvalue weighted by molar-refractivity contribution is -0.571. The second-order valence-electron chi connectivity index (χ2n) is 3.13. The minimum atomic E-state index is -1.43. The molecule has 0 aliphatic rings. The second kappa shape index (κ2) is 6.34. The van der Waals surface area contributed by atoms with Crippen molar-refractivity contribution in [3.8, 4) is 18.2 Å². The summed E-state index contributed by atoms with van der Waals surface area (Å²) in [4.78, 5) is 10.3. The zero-order chi connectivity index (χ0) is 11.7. The van der Waals surface area contributed by atoms with E-state index in [1.165, 1.54) is 0 Å². The molecule has 0 aliphatic heterocycles. The average molecular weight is 206 g/mol. The van der Waals surface area contributed by atoms with E-state index >= 15 is 0 Å². The molecular formula is C9H10N4O2. The van der Waals surface area contributed by atoms with Gasteiger partial charge in [0.1, 0.15) is 6.42 Å². The molecule has 0 spiro atoms. The highest BCUT2D eigenvalue weighted by molar-refractivity contribution is 4.93. The molecule has 78 valence electrons. The topological polar surface area (TPSA) is 115 Å². The van der Waals surface area contributed by atoms with Crippen LogP contribution < -0.4 is 0 Å². The quantitative estimate of drug-likeness (QED) is 0.482. The first-order chi connectivity index (χ1) is 7.13. The Morgan fingerprint density at radius 1 is 1.07 bits per heavy atom. The SMILES string of the molecule is N#CCCC(CC#N)(CCC#N)[N+](=O)[O-]. The predicted octanol–water partition coefficient (Wildman–Crippen LogP) is 1.52. The van der Waals surface area contributed by atoms with Gasteiger partial charge in [0.05, 0.1) is 18.2 Å². The van der Waals surface area contributed by atoms with Crippen molar-refractivity contribution >= 4 is 0 Å². The molecular weight excluding hydrogens is 196 g/mol. The van der Waals surface area contributed by atoms with Crippen molar-refractivity contribution in [1.82, 2.24) is 0 Å². The fourth-order valence-electron chi connectivity index (χ4n) is 1.27. The van der Waals surface area contributed by atoms with Gasteiger partial charge in [-0.3, -0.25) is 10.1 Å². The highest BCUT2D eigenvalue weighted by Crippen LogP contribution is 2.26. The normalized spacial score (nSPS) is 9.67. The van der Waals surface area contributed by atoms with Crippen LogP contribution in [0.15, 0.2) is 0 Å². The van der Waals surface area contributed by atoms with Crippen LogP contribution in [0.2, 0.25) is 0 Å². The summed E-state index contributed by atoms with van der Waals surface area (Å²) in [5, 5.41) is 36.2. The van der Waals surface area contributed by atoms with E-state index in [1.54, 1.807) is 6.07 Å². The van der Waals surface area contributed by atoms with Crippen LogP contribution in [0.5, 0.6) is 0 Å². The zero-order valence-corrected chi connectivity index (χ0v) is 8.14. The Bertz CT molecular complexity index is 327. The van der Waals surface area contributed by atoms with Gasteiger partial charge in [-0.15, -0.1) is 0 Å². The van der Waals surface area contributed by atoms with Crippen molar-refractivity contribution in [2.45, 2.75) is 37.6 Å². The van der Waals surface area contributed by atoms with E-state index < -0.39 is 10.5 Å². The molecule has 0 saturated heterocycles. The molecule has 0 bridgehead atoms. The van der Waals surface area contributed by atoms with E-state index in [4.69, 9.17) is 15.8 Å². The van der Waals surface area contributed by atoms with E-state index in [-0.39, 0.29) is 32.1 Å². The Morgan fingerprint density at radius 3 is 1.80 bits per heavy atom. The molecule has 0 aliphatic carbocycles. The largest absolute Gasteiger partial charge is 0.264 e. The summed E-state index contributed by atoms with van der Waals surface area (Å²) in [6.07, 6.45) is -0.178. The van der Waals surface area contributed by atoms with Crippen LogP contribution in [0.25, 0.3) is 0 Å².